The number of amides is 2. The molecule has 0 bridgehead atoms. The summed E-state index contributed by atoms with van der Waals surface area (Å²) < 4.78 is 5.12. The monoisotopic (exact) mass is 314 g/mol. The standard InChI is InChI=1S/C18H22N2O3/c1-12-7-8-15(9-13(12)2)20-18(22)19-11-17(21)14-5-4-6-16(10-14)23-3/h4-10,17,21H,11H2,1-3H3,(H2,19,20,22). The van der Waals surface area contributed by atoms with Crippen LogP contribution >= 0.6 is 0 Å². The largest absolute Gasteiger partial charge is 0.497 e. The highest BCUT2D eigenvalue weighted by Crippen LogP contribution is 2.18. The Morgan fingerprint density at radius 3 is 2.65 bits per heavy atom. The number of nitrogens with one attached hydrogen (secondary N) is 2. The number of carbonyl (C=O) groups excluding carboxylic acids is 1. The molecule has 122 valence electrons. The number of aryl methyl sites for hydroxylation is 2. The van der Waals surface area contributed by atoms with Gasteiger partial charge in [0.15, 0.2) is 0 Å². The summed E-state index contributed by atoms with van der Waals surface area (Å²) in [5.74, 6) is 0.668. The first kappa shape index (κ1) is 16.8. The molecule has 0 aliphatic rings. The van der Waals surface area contributed by atoms with Crippen LogP contribution in [0.5, 0.6) is 5.75 Å². The molecular weight excluding hydrogens is 292 g/mol. The van der Waals surface area contributed by atoms with Gasteiger partial charge in [-0.15, -0.1) is 0 Å². The number of methoxy groups -OCH3 is 1. The minimum atomic E-state index is -0.796. The van der Waals surface area contributed by atoms with Gasteiger partial charge in [-0.3, -0.25) is 0 Å². The van der Waals surface area contributed by atoms with E-state index >= 15 is 0 Å². The van der Waals surface area contributed by atoms with Crippen LogP contribution in [0.4, 0.5) is 10.5 Å². The molecule has 0 heterocycles. The Morgan fingerprint density at radius 2 is 1.96 bits per heavy atom. The molecule has 2 rings (SSSR count). The SMILES string of the molecule is COc1cccc(C(O)CNC(=O)Nc2ccc(C)c(C)c2)c1. The number of ether oxygens (including phenoxy) is 1. The Morgan fingerprint density at radius 1 is 1.17 bits per heavy atom. The van der Waals surface area contributed by atoms with Gasteiger partial charge in [-0.25, -0.2) is 4.79 Å². The van der Waals surface area contributed by atoms with Gasteiger partial charge in [0.1, 0.15) is 5.75 Å². The molecule has 0 aromatic heterocycles. The van der Waals surface area contributed by atoms with Gasteiger partial charge in [0.25, 0.3) is 0 Å². The lowest BCUT2D eigenvalue weighted by Crippen LogP contribution is -2.32. The highest BCUT2D eigenvalue weighted by atomic mass is 16.5. The van der Waals surface area contributed by atoms with Crippen LogP contribution in [0, 0.1) is 13.8 Å². The predicted molar refractivity (Wildman–Crippen MR) is 90.9 cm³/mol. The highest BCUT2D eigenvalue weighted by Gasteiger charge is 2.10. The van der Waals surface area contributed by atoms with E-state index in [4.69, 9.17) is 4.74 Å². The van der Waals surface area contributed by atoms with Crippen molar-refractivity contribution in [2.24, 2.45) is 0 Å². The van der Waals surface area contributed by atoms with Gasteiger partial charge < -0.3 is 20.5 Å². The van der Waals surface area contributed by atoms with Gasteiger partial charge >= 0.3 is 6.03 Å². The van der Waals surface area contributed by atoms with E-state index in [2.05, 4.69) is 10.6 Å². The number of rotatable bonds is 5. The second-order valence-corrected chi connectivity index (χ2v) is 5.43. The third-order valence-corrected chi connectivity index (χ3v) is 3.70. The number of hydrogen-bond acceptors (Lipinski definition) is 3. The normalized spacial score (nSPS) is 11.7. The average Bonchev–Trinajstić information content (AvgIpc) is 2.56. The number of carbonyl (C=O) groups is 1. The molecule has 0 aliphatic carbocycles. The molecule has 3 N–H and O–H groups in total. The van der Waals surface area contributed by atoms with E-state index in [9.17, 15) is 9.90 Å². The molecule has 2 aromatic rings. The zero-order valence-corrected chi connectivity index (χ0v) is 13.6. The number of aliphatic hydroxyl groups is 1. The maximum atomic E-state index is 11.9. The van der Waals surface area contributed by atoms with Crippen LogP contribution in [0.3, 0.4) is 0 Å². The lowest BCUT2D eigenvalue weighted by molar-refractivity contribution is 0.175. The van der Waals surface area contributed by atoms with Crippen molar-refractivity contribution in [2.45, 2.75) is 20.0 Å². The van der Waals surface area contributed by atoms with Crippen LogP contribution in [0.1, 0.15) is 22.8 Å². The summed E-state index contributed by atoms with van der Waals surface area (Å²) in [6.07, 6.45) is -0.796. The second kappa shape index (κ2) is 7.65. The maximum Gasteiger partial charge on any atom is 0.319 e. The summed E-state index contributed by atoms with van der Waals surface area (Å²) in [4.78, 5) is 11.9. The molecule has 0 spiro atoms. The fourth-order valence-corrected chi connectivity index (χ4v) is 2.15. The summed E-state index contributed by atoms with van der Waals surface area (Å²) in [7, 11) is 1.57. The number of anilines is 1. The lowest BCUT2D eigenvalue weighted by atomic mass is 10.1. The van der Waals surface area contributed by atoms with Crippen molar-refractivity contribution in [3.63, 3.8) is 0 Å². The van der Waals surface area contributed by atoms with Gasteiger partial charge in [0, 0.05) is 12.2 Å². The number of hydrogen-bond donors (Lipinski definition) is 3. The van der Waals surface area contributed by atoms with Crippen molar-refractivity contribution in [2.75, 3.05) is 19.0 Å². The fourth-order valence-electron chi connectivity index (χ4n) is 2.15. The molecule has 1 atom stereocenters. The molecule has 5 nitrogen and oxygen atoms in total. The van der Waals surface area contributed by atoms with Gasteiger partial charge in [0.05, 0.1) is 13.2 Å². The van der Waals surface area contributed by atoms with Crippen molar-refractivity contribution in [3.05, 3.63) is 59.2 Å². The lowest BCUT2D eigenvalue weighted by Gasteiger charge is -2.14. The molecule has 2 aromatic carbocycles. The Bertz CT molecular complexity index is 686. The minimum absolute atomic E-state index is 0.115. The summed E-state index contributed by atoms with van der Waals surface area (Å²) in [6, 6.07) is 12.5. The van der Waals surface area contributed by atoms with Crippen LogP contribution in [0.2, 0.25) is 0 Å². The fraction of sp³-hybridized carbons (Fsp3) is 0.278. The Kier molecular flexibility index (Phi) is 5.60. The van der Waals surface area contributed by atoms with Crippen molar-refractivity contribution < 1.29 is 14.6 Å². The first-order valence-electron chi connectivity index (χ1n) is 7.43. The molecule has 0 aliphatic heterocycles. The molecule has 0 fully saturated rings. The third-order valence-electron chi connectivity index (χ3n) is 3.70. The van der Waals surface area contributed by atoms with Crippen molar-refractivity contribution in [1.29, 1.82) is 0 Å². The van der Waals surface area contributed by atoms with Crippen LogP contribution in [-0.4, -0.2) is 24.8 Å². The smallest absolute Gasteiger partial charge is 0.319 e. The van der Waals surface area contributed by atoms with E-state index in [-0.39, 0.29) is 12.6 Å². The van der Waals surface area contributed by atoms with Crippen LogP contribution < -0.4 is 15.4 Å². The molecule has 2 amide bonds. The van der Waals surface area contributed by atoms with Crippen molar-refractivity contribution >= 4 is 11.7 Å². The summed E-state index contributed by atoms with van der Waals surface area (Å²) in [5.41, 5.74) is 3.70. The zero-order valence-electron chi connectivity index (χ0n) is 13.6. The third kappa shape index (κ3) is 4.72. The predicted octanol–water partition coefficient (Wildman–Crippen LogP) is 3.17. The van der Waals surface area contributed by atoms with Crippen LogP contribution in [-0.2, 0) is 0 Å². The van der Waals surface area contributed by atoms with E-state index in [1.807, 2.05) is 32.0 Å². The van der Waals surface area contributed by atoms with E-state index < -0.39 is 6.10 Å². The van der Waals surface area contributed by atoms with Crippen LogP contribution in [0.15, 0.2) is 42.5 Å². The molecule has 23 heavy (non-hydrogen) atoms. The first-order chi connectivity index (χ1) is 11.0. The molecule has 0 radical (unpaired) electrons. The number of benzene rings is 2. The molecule has 1 unspecified atom stereocenters. The minimum Gasteiger partial charge on any atom is -0.497 e. The molecular formula is C18H22N2O3. The maximum absolute atomic E-state index is 11.9. The molecule has 0 saturated heterocycles. The number of urea groups is 1. The van der Waals surface area contributed by atoms with Gasteiger partial charge in [0.2, 0.25) is 0 Å². The topological polar surface area (TPSA) is 70.6 Å². The highest BCUT2D eigenvalue weighted by molar-refractivity contribution is 5.89. The average molecular weight is 314 g/mol. The Labute approximate surface area is 136 Å². The van der Waals surface area contributed by atoms with Gasteiger partial charge in [-0.1, -0.05) is 18.2 Å². The van der Waals surface area contributed by atoms with E-state index in [0.29, 0.717) is 11.3 Å². The summed E-state index contributed by atoms with van der Waals surface area (Å²) >= 11 is 0. The van der Waals surface area contributed by atoms with E-state index in [1.165, 1.54) is 5.56 Å². The first-order valence-corrected chi connectivity index (χ1v) is 7.43. The van der Waals surface area contributed by atoms with E-state index in [1.54, 1.807) is 31.4 Å². The van der Waals surface area contributed by atoms with Gasteiger partial charge in [-0.05, 0) is 54.8 Å². The second-order valence-electron chi connectivity index (χ2n) is 5.43. The zero-order chi connectivity index (χ0) is 16.8. The Balaban J connectivity index is 1.89. The quantitative estimate of drug-likeness (QED) is 0.794. The Hall–Kier alpha value is -2.53. The van der Waals surface area contributed by atoms with Crippen LogP contribution in [0.25, 0.3) is 0 Å². The van der Waals surface area contributed by atoms with Gasteiger partial charge in [-0.2, -0.15) is 0 Å². The summed E-state index contributed by atoms with van der Waals surface area (Å²) in [5, 5.41) is 15.6. The van der Waals surface area contributed by atoms with Crippen molar-refractivity contribution in [1.82, 2.24) is 5.32 Å². The summed E-state index contributed by atoms with van der Waals surface area (Å²) in [6.45, 7) is 4.12. The molecule has 0 saturated carbocycles. The number of aliphatic hydroxyl groups excluding tert-OH is 1. The van der Waals surface area contributed by atoms with Crippen molar-refractivity contribution in [3.8, 4) is 5.75 Å². The molecule has 5 heteroatoms. The van der Waals surface area contributed by atoms with E-state index in [0.717, 1.165) is 11.3 Å².